The zero-order valence-electron chi connectivity index (χ0n) is 21.3. The molecule has 0 spiro atoms. The summed E-state index contributed by atoms with van der Waals surface area (Å²) in [5, 5.41) is 12.4. The first-order chi connectivity index (χ1) is 18.4. The van der Waals surface area contributed by atoms with Gasteiger partial charge >= 0.3 is 0 Å². The molecule has 4 aromatic carbocycles. The molecule has 1 aromatic heterocycles. The van der Waals surface area contributed by atoms with Gasteiger partial charge in [0.2, 0.25) is 0 Å². The molecule has 1 N–H and O–H groups in total. The summed E-state index contributed by atoms with van der Waals surface area (Å²) in [7, 11) is -4.00. The van der Waals surface area contributed by atoms with Gasteiger partial charge in [-0.1, -0.05) is 84.4 Å². The molecular formula is C32H31NO4S. The lowest BCUT2D eigenvalue weighted by Crippen LogP contribution is -2.30. The van der Waals surface area contributed by atoms with Gasteiger partial charge in [-0.3, -0.25) is 4.18 Å². The summed E-state index contributed by atoms with van der Waals surface area (Å²) in [6, 6.07) is 34.4. The molecule has 1 heterocycles. The van der Waals surface area contributed by atoms with E-state index in [1.165, 1.54) is 23.3 Å². The normalized spacial score (nSPS) is 13.4. The third kappa shape index (κ3) is 5.89. The van der Waals surface area contributed by atoms with Crippen LogP contribution >= 0.6 is 0 Å². The minimum atomic E-state index is -4.00. The predicted molar refractivity (Wildman–Crippen MR) is 151 cm³/mol. The third-order valence-corrected chi connectivity index (χ3v) is 8.13. The topological polar surface area (TPSA) is 68.5 Å². The highest BCUT2D eigenvalue weighted by molar-refractivity contribution is 7.86. The molecule has 6 heteroatoms. The molecule has 0 aliphatic rings. The Balaban J connectivity index is 1.39. The van der Waals surface area contributed by atoms with Crippen LogP contribution in [0.2, 0.25) is 0 Å². The zero-order chi connectivity index (χ0) is 26.5. The van der Waals surface area contributed by atoms with Crippen molar-refractivity contribution in [2.75, 3.05) is 6.61 Å². The van der Waals surface area contributed by atoms with Crippen LogP contribution < -0.4 is 0 Å². The second-order valence-electron chi connectivity index (χ2n) is 9.58. The van der Waals surface area contributed by atoms with Crippen molar-refractivity contribution in [3.05, 3.63) is 138 Å². The van der Waals surface area contributed by atoms with Crippen molar-refractivity contribution < 1.29 is 17.7 Å². The van der Waals surface area contributed by atoms with Gasteiger partial charge in [0.05, 0.1) is 17.5 Å². The van der Waals surface area contributed by atoms with Crippen LogP contribution in [0.3, 0.4) is 0 Å². The van der Waals surface area contributed by atoms with Crippen molar-refractivity contribution in [3.8, 4) is 0 Å². The van der Waals surface area contributed by atoms with Gasteiger partial charge < -0.3 is 9.67 Å². The van der Waals surface area contributed by atoms with Crippen molar-refractivity contribution in [2.24, 2.45) is 0 Å². The number of aromatic nitrogens is 1. The van der Waals surface area contributed by atoms with Gasteiger partial charge in [-0.05, 0) is 72.2 Å². The third-order valence-electron chi connectivity index (χ3n) is 6.84. The van der Waals surface area contributed by atoms with Gasteiger partial charge in [0.15, 0.2) is 0 Å². The molecule has 0 fully saturated rings. The summed E-state index contributed by atoms with van der Waals surface area (Å²) in [4.78, 5) is 0.0704. The molecule has 0 radical (unpaired) electrons. The maximum Gasteiger partial charge on any atom is 0.297 e. The number of aliphatic hydroxyl groups excluding tert-OH is 1. The highest BCUT2D eigenvalue weighted by atomic mass is 32.2. The summed E-state index contributed by atoms with van der Waals surface area (Å²) >= 11 is 0. The molecule has 0 aliphatic carbocycles. The number of hydrogen-bond acceptors (Lipinski definition) is 4. The number of aryl methyl sites for hydroxylation is 3. The van der Waals surface area contributed by atoms with Crippen molar-refractivity contribution in [1.82, 2.24) is 4.57 Å². The SMILES string of the molecule is Cc1ccc(S(=O)(=O)OCC(O)C(c2ccccc2)n2ccc3cc(CCc4ccccc4)ccc32)cc1. The Morgan fingerprint density at radius 1 is 0.789 bits per heavy atom. The first kappa shape index (κ1) is 25.9. The van der Waals surface area contributed by atoms with E-state index in [4.69, 9.17) is 4.18 Å². The maximum atomic E-state index is 12.8. The Bertz CT molecular complexity index is 1590. The lowest BCUT2D eigenvalue weighted by Gasteiger charge is -2.26. The molecule has 0 aliphatic heterocycles. The molecule has 194 valence electrons. The fraction of sp³-hybridized carbons (Fsp3) is 0.188. The van der Waals surface area contributed by atoms with E-state index in [9.17, 15) is 13.5 Å². The van der Waals surface area contributed by atoms with Crippen LogP contribution in [0.4, 0.5) is 0 Å². The predicted octanol–water partition coefficient (Wildman–Crippen LogP) is 6.09. The molecule has 5 aromatic rings. The largest absolute Gasteiger partial charge is 0.388 e. The summed E-state index contributed by atoms with van der Waals surface area (Å²) in [5.41, 5.74) is 5.32. The number of hydrogen-bond donors (Lipinski definition) is 1. The van der Waals surface area contributed by atoms with Crippen molar-refractivity contribution >= 4 is 21.0 Å². The van der Waals surface area contributed by atoms with E-state index in [0.717, 1.165) is 34.9 Å². The highest BCUT2D eigenvalue weighted by Crippen LogP contribution is 2.29. The highest BCUT2D eigenvalue weighted by Gasteiger charge is 2.27. The number of rotatable bonds is 10. The molecule has 5 rings (SSSR count). The van der Waals surface area contributed by atoms with Gasteiger partial charge in [-0.2, -0.15) is 8.42 Å². The van der Waals surface area contributed by atoms with E-state index < -0.39 is 22.3 Å². The Morgan fingerprint density at radius 3 is 2.16 bits per heavy atom. The van der Waals surface area contributed by atoms with Crippen molar-refractivity contribution in [2.45, 2.75) is 36.8 Å². The van der Waals surface area contributed by atoms with Crippen molar-refractivity contribution in [1.29, 1.82) is 0 Å². The Labute approximate surface area is 224 Å². The molecule has 2 unspecified atom stereocenters. The minimum absolute atomic E-state index is 0.0704. The van der Waals surface area contributed by atoms with E-state index in [-0.39, 0.29) is 11.5 Å². The molecule has 2 atom stereocenters. The van der Waals surface area contributed by atoms with E-state index >= 15 is 0 Å². The molecule has 38 heavy (non-hydrogen) atoms. The van der Waals surface area contributed by atoms with E-state index in [1.807, 2.05) is 60.2 Å². The van der Waals surface area contributed by atoms with Gasteiger partial charge in [-0.15, -0.1) is 0 Å². The number of nitrogens with zero attached hydrogens (tertiary/aromatic N) is 1. The molecular weight excluding hydrogens is 494 g/mol. The number of benzene rings is 4. The first-order valence-corrected chi connectivity index (χ1v) is 14.1. The second-order valence-corrected chi connectivity index (χ2v) is 11.2. The van der Waals surface area contributed by atoms with Crippen LogP contribution in [-0.2, 0) is 27.1 Å². The lowest BCUT2D eigenvalue weighted by atomic mass is 10.0. The average molecular weight is 526 g/mol. The van der Waals surface area contributed by atoms with Crippen LogP contribution in [0.1, 0.15) is 28.3 Å². The Kier molecular flexibility index (Phi) is 7.74. The molecule has 0 amide bonds. The number of aliphatic hydroxyl groups is 1. The maximum absolute atomic E-state index is 12.8. The van der Waals surface area contributed by atoms with Gasteiger partial charge in [0.25, 0.3) is 10.1 Å². The van der Waals surface area contributed by atoms with Crippen LogP contribution in [0.15, 0.2) is 120 Å². The second kappa shape index (κ2) is 11.4. The summed E-state index contributed by atoms with van der Waals surface area (Å²) in [6.07, 6.45) is 2.73. The van der Waals surface area contributed by atoms with E-state index in [1.54, 1.807) is 12.1 Å². The fourth-order valence-corrected chi connectivity index (χ4v) is 5.71. The van der Waals surface area contributed by atoms with Crippen LogP contribution in [0.5, 0.6) is 0 Å². The fourth-order valence-electron chi connectivity index (χ4n) is 4.79. The molecule has 0 bridgehead atoms. The number of fused-ring (bicyclic) bond motifs is 1. The zero-order valence-corrected chi connectivity index (χ0v) is 22.1. The van der Waals surface area contributed by atoms with Crippen LogP contribution in [0.25, 0.3) is 10.9 Å². The lowest BCUT2D eigenvalue weighted by molar-refractivity contribution is 0.0785. The van der Waals surface area contributed by atoms with E-state index in [0.29, 0.717) is 0 Å². The standard InChI is InChI=1S/C32H31NO4S/c1-24-12-17-29(18-13-24)38(35,36)37-23-31(34)32(27-10-6-3-7-11-27)33-21-20-28-22-26(16-19-30(28)33)15-14-25-8-4-2-5-9-25/h2-13,16-22,31-32,34H,14-15,23H2,1H3. The van der Waals surface area contributed by atoms with Gasteiger partial charge in [-0.25, -0.2) is 0 Å². The van der Waals surface area contributed by atoms with Crippen molar-refractivity contribution in [3.63, 3.8) is 0 Å². The first-order valence-electron chi connectivity index (χ1n) is 12.7. The Morgan fingerprint density at radius 2 is 1.45 bits per heavy atom. The van der Waals surface area contributed by atoms with Crippen LogP contribution in [0, 0.1) is 6.92 Å². The quantitative estimate of drug-likeness (QED) is 0.224. The average Bonchev–Trinajstić information content (AvgIpc) is 3.35. The summed E-state index contributed by atoms with van der Waals surface area (Å²) < 4.78 is 32.9. The summed E-state index contributed by atoms with van der Waals surface area (Å²) in [6.45, 7) is 1.52. The molecule has 5 nitrogen and oxygen atoms in total. The molecule has 0 saturated heterocycles. The van der Waals surface area contributed by atoms with Gasteiger partial charge in [0.1, 0.15) is 6.10 Å². The monoisotopic (exact) mass is 525 g/mol. The van der Waals surface area contributed by atoms with Crippen LogP contribution in [-0.4, -0.2) is 30.8 Å². The minimum Gasteiger partial charge on any atom is -0.388 e. The smallest absolute Gasteiger partial charge is 0.297 e. The van der Waals surface area contributed by atoms with E-state index in [2.05, 4.69) is 42.5 Å². The molecule has 0 saturated carbocycles. The van der Waals surface area contributed by atoms with Gasteiger partial charge in [0, 0.05) is 11.7 Å². The Hall–Kier alpha value is -3.71. The summed E-state index contributed by atoms with van der Waals surface area (Å²) in [5.74, 6) is 0.